The molecule has 0 amide bonds. The SMILES string of the molecule is OC(CN1CCC(c2ccn[nH]2)CC1)c1ccc(F)cc1F. The molecule has 1 fully saturated rings. The summed E-state index contributed by atoms with van der Waals surface area (Å²) in [5, 5.41) is 17.1. The molecule has 1 unspecified atom stereocenters. The Morgan fingerprint density at radius 3 is 2.68 bits per heavy atom. The van der Waals surface area contributed by atoms with Crippen LogP contribution in [0, 0.1) is 11.6 Å². The largest absolute Gasteiger partial charge is 0.387 e. The predicted octanol–water partition coefficient (Wildman–Crippen LogP) is 2.60. The maximum atomic E-state index is 13.7. The second-order valence-corrected chi connectivity index (χ2v) is 5.77. The highest BCUT2D eigenvalue weighted by Gasteiger charge is 2.24. The maximum absolute atomic E-state index is 13.7. The molecule has 3 rings (SSSR count). The summed E-state index contributed by atoms with van der Waals surface area (Å²) in [7, 11) is 0. The van der Waals surface area contributed by atoms with Gasteiger partial charge in [0.25, 0.3) is 0 Å². The lowest BCUT2D eigenvalue weighted by Gasteiger charge is -2.32. The Kier molecular flexibility index (Phi) is 4.49. The van der Waals surface area contributed by atoms with Crippen LogP contribution in [0.5, 0.6) is 0 Å². The third-order valence-corrected chi connectivity index (χ3v) is 4.30. The van der Waals surface area contributed by atoms with Gasteiger partial charge in [0.05, 0.1) is 6.10 Å². The summed E-state index contributed by atoms with van der Waals surface area (Å²) >= 11 is 0. The van der Waals surface area contributed by atoms with Crippen LogP contribution in [0.3, 0.4) is 0 Å². The second-order valence-electron chi connectivity index (χ2n) is 5.77. The third-order valence-electron chi connectivity index (χ3n) is 4.30. The number of hydrogen-bond donors (Lipinski definition) is 2. The van der Waals surface area contributed by atoms with Gasteiger partial charge in [0.1, 0.15) is 11.6 Å². The molecule has 1 aliphatic heterocycles. The van der Waals surface area contributed by atoms with Crippen LogP contribution in [0.25, 0.3) is 0 Å². The summed E-state index contributed by atoms with van der Waals surface area (Å²) in [5.74, 6) is -0.868. The second kappa shape index (κ2) is 6.54. The van der Waals surface area contributed by atoms with E-state index in [1.807, 2.05) is 6.07 Å². The van der Waals surface area contributed by atoms with Crippen molar-refractivity contribution in [1.29, 1.82) is 0 Å². The van der Waals surface area contributed by atoms with Crippen molar-refractivity contribution in [2.45, 2.75) is 24.9 Å². The number of aliphatic hydroxyl groups excluding tert-OH is 1. The summed E-state index contributed by atoms with van der Waals surface area (Å²) < 4.78 is 26.6. The molecule has 2 aromatic rings. The number of piperidine rings is 1. The van der Waals surface area contributed by atoms with E-state index in [0.717, 1.165) is 37.7 Å². The first kappa shape index (κ1) is 15.1. The van der Waals surface area contributed by atoms with Gasteiger partial charge in [-0.1, -0.05) is 6.07 Å². The van der Waals surface area contributed by atoms with Crippen molar-refractivity contribution in [3.8, 4) is 0 Å². The predicted molar refractivity (Wildman–Crippen MR) is 78.3 cm³/mol. The molecule has 22 heavy (non-hydrogen) atoms. The molecule has 0 radical (unpaired) electrons. The summed E-state index contributed by atoms with van der Waals surface area (Å²) in [5.41, 5.74) is 1.29. The van der Waals surface area contributed by atoms with Gasteiger partial charge in [0.15, 0.2) is 0 Å². The summed E-state index contributed by atoms with van der Waals surface area (Å²) in [6.45, 7) is 2.03. The lowest BCUT2D eigenvalue weighted by molar-refractivity contribution is 0.0943. The Labute approximate surface area is 127 Å². The number of aliphatic hydroxyl groups is 1. The fourth-order valence-electron chi connectivity index (χ4n) is 3.04. The van der Waals surface area contributed by atoms with Gasteiger partial charge in [0.2, 0.25) is 0 Å². The first-order valence-corrected chi connectivity index (χ1v) is 7.48. The van der Waals surface area contributed by atoms with Crippen molar-refractivity contribution in [3.05, 3.63) is 53.4 Å². The normalized spacial score (nSPS) is 18.5. The van der Waals surface area contributed by atoms with Crippen LogP contribution in [-0.4, -0.2) is 39.8 Å². The monoisotopic (exact) mass is 307 g/mol. The van der Waals surface area contributed by atoms with Crippen LogP contribution in [-0.2, 0) is 0 Å². The average Bonchev–Trinajstić information content (AvgIpc) is 3.02. The highest BCUT2D eigenvalue weighted by Crippen LogP contribution is 2.28. The maximum Gasteiger partial charge on any atom is 0.131 e. The van der Waals surface area contributed by atoms with Crippen molar-refractivity contribution in [3.63, 3.8) is 0 Å². The minimum atomic E-state index is -0.940. The number of aromatic amines is 1. The number of nitrogens with zero attached hydrogens (tertiary/aromatic N) is 2. The minimum absolute atomic E-state index is 0.150. The van der Waals surface area contributed by atoms with Crippen LogP contribution < -0.4 is 0 Å². The Hall–Kier alpha value is -1.79. The van der Waals surface area contributed by atoms with Gasteiger partial charge < -0.3 is 10.0 Å². The molecule has 1 aliphatic rings. The van der Waals surface area contributed by atoms with Gasteiger partial charge in [-0.05, 0) is 38.1 Å². The lowest BCUT2D eigenvalue weighted by atomic mass is 9.93. The van der Waals surface area contributed by atoms with Crippen LogP contribution >= 0.6 is 0 Å². The van der Waals surface area contributed by atoms with Crippen molar-refractivity contribution in [2.75, 3.05) is 19.6 Å². The Morgan fingerprint density at radius 2 is 2.05 bits per heavy atom. The van der Waals surface area contributed by atoms with Gasteiger partial charge in [-0.2, -0.15) is 5.10 Å². The number of halogens is 2. The van der Waals surface area contributed by atoms with Crippen LogP contribution in [0.1, 0.15) is 36.1 Å². The highest BCUT2D eigenvalue weighted by molar-refractivity contribution is 5.21. The highest BCUT2D eigenvalue weighted by atomic mass is 19.1. The van der Waals surface area contributed by atoms with Crippen molar-refractivity contribution >= 4 is 0 Å². The molecule has 1 saturated heterocycles. The molecule has 1 aromatic heterocycles. The van der Waals surface area contributed by atoms with E-state index in [2.05, 4.69) is 15.1 Å². The van der Waals surface area contributed by atoms with E-state index in [1.54, 1.807) is 6.20 Å². The fraction of sp³-hybridized carbons (Fsp3) is 0.438. The number of H-pyrrole nitrogens is 1. The molecule has 118 valence electrons. The molecular weight excluding hydrogens is 288 g/mol. The zero-order chi connectivity index (χ0) is 15.5. The van der Waals surface area contributed by atoms with Crippen LogP contribution in [0.2, 0.25) is 0 Å². The van der Waals surface area contributed by atoms with E-state index < -0.39 is 17.7 Å². The number of rotatable bonds is 4. The number of aromatic nitrogens is 2. The smallest absolute Gasteiger partial charge is 0.131 e. The first-order valence-electron chi connectivity index (χ1n) is 7.48. The first-order chi connectivity index (χ1) is 10.6. The number of likely N-dealkylation sites (tertiary alicyclic amines) is 1. The summed E-state index contributed by atoms with van der Waals surface area (Å²) in [6.07, 6.45) is 2.76. The molecule has 0 spiro atoms. The quantitative estimate of drug-likeness (QED) is 0.913. The zero-order valence-corrected chi connectivity index (χ0v) is 12.2. The van der Waals surface area contributed by atoms with Gasteiger partial charge in [-0.3, -0.25) is 5.10 Å². The van der Waals surface area contributed by atoms with Crippen molar-refractivity contribution in [2.24, 2.45) is 0 Å². The van der Waals surface area contributed by atoms with Crippen molar-refractivity contribution < 1.29 is 13.9 Å². The Morgan fingerprint density at radius 1 is 1.27 bits per heavy atom. The number of hydrogen-bond acceptors (Lipinski definition) is 3. The molecule has 0 bridgehead atoms. The fourth-order valence-corrected chi connectivity index (χ4v) is 3.04. The molecule has 2 heterocycles. The zero-order valence-electron chi connectivity index (χ0n) is 12.2. The van der Waals surface area contributed by atoms with E-state index in [-0.39, 0.29) is 5.56 Å². The summed E-state index contributed by atoms with van der Waals surface area (Å²) in [4.78, 5) is 2.11. The van der Waals surface area contributed by atoms with Crippen LogP contribution in [0.15, 0.2) is 30.5 Å². The Bertz CT molecular complexity index is 610. The molecule has 0 saturated carbocycles. The topological polar surface area (TPSA) is 52.1 Å². The molecule has 4 nitrogen and oxygen atoms in total. The average molecular weight is 307 g/mol. The van der Waals surface area contributed by atoms with E-state index in [1.165, 1.54) is 12.1 Å². The minimum Gasteiger partial charge on any atom is -0.387 e. The van der Waals surface area contributed by atoms with Gasteiger partial charge in [0, 0.05) is 36.0 Å². The number of β-amino-alcohol motifs (C(OH)–C–C–N with tert-alkyl or cyclic N) is 1. The molecule has 1 aromatic carbocycles. The van der Waals surface area contributed by atoms with Gasteiger partial charge in [-0.25, -0.2) is 8.78 Å². The van der Waals surface area contributed by atoms with Crippen LogP contribution in [0.4, 0.5) is 8.78 Å². The molecule has 6 heteroatoms. The Balaban J connectivity index is 1.56. The standard InChI is InChI=1S/C16H19F2N3O/c17-12-1-2-13(14(18)9-12)16(22)10-21-7-4-11(5-8-21)15-3-6-19-20-15/h1-3,6,9,11,16,22H,4-5,7-8,10H2,(H,19,20). The van der Waals surface area contributed by atoms with Gasteiger partial charge >= 0.3 is 0 Å². The van der Waals surface area contributed by atoms with E-state index >= 15 is 0 Å². The number of nitrogens with one attached hydrogen (secondary N) is 1. The van der Waals surface area contributed by atoms with Gasteiger partial charge in [-0.15, -0.1) is 0 Å². The van der Waals surface area contributed by atoms with E-state index in [4.69, 9.17) is 0 Å². The third kappa shape index (κ3) is 3.34. The lowest BCUT2D eigenvalue weighted by Crippen LogP contribution is -2.36. The molecule has 0 aliphatic carbocycles. The van der Waals surface area contributed by atoms with E-state index in [0.29, 0.717) is 12.5 Å². The van der Waals surface area contributed by atoms with Crippen molar-refractivity contribution in [1.82, 2.24) is 15.1 Å². The molecular formula is C16H19F2N3O. The molecule has 2 N–H and O–H groups in total. The number of benzene rings is 1. The summed E-state index contributed by atoms with van der Waals surface area (Å²) in [6, 6.07) is 5.28. The molecule has 1 atom stereocenters. The van der Waals surface area contributed by atoms with E-state index in [9.17, 15) is 13.9 Å².